The Morgan fingerprint density at radius 2 is 2.00 bits per heavy atom. The fourth-order valence-electron chi connectivity index (χ4n) is 1.13. The number of carbonyl (C=O) groups is 1. The van der Waals surface area contributed by atoms with Crippen molar-refractivity contribution in [2.45, 2.75) is 45.6 Å². The van der Waals surface area contributed by atoms with Gasteiger partial charge in [-0.3, -0.25) is 4.79 Å². The van der Waals surface area contributed by atoms with Crippen molar-refractivity contribution in [2.24, 2.45) is 5.73 Å². The Hall–Kier alpha value is -0.570. The lowest BCUT2D eigenvalue weighted by atomic mass is 9.95. The molecule has 1 unspecified atom stereocenters. The largest absolute Gasteiger partial charge is 0.367 e. The number of ether oxygens (including phenoxy) is 1. The minimum absolute atomic E-state index is 0.341. The Labute approximate surface area is 74.3 Å². The Kier molecular flexibility index (Phi) is 4.90. The molecule has 3 heteroatoms. The second-order valence-corrected chi connectivity index (χ2v) is 2.90. The maximum atomic E-state index is 10.8. The molecule has 1 heterocycles. The van der Waals surface area contributed by atoms with Crippen LogP contribution in [0.15, 0.2) is 0 Å². The van der Waals surface area contributed by atoms with Crippen molar-refractivity contribution in [3.05, 3.63) is 0 Å². The molecule has 3 nitrogen and oxygen atoms in total. The molecular formula is C9H19NO2. The third-order valence-corrected chi connectivity index (χ3v) is 1.99. The lowest BCUT2D eigenvalue weighted by Gasteiger charge is -2.30. The number of carbonyl (C=O) groups excluding carboxylic acids is 1. The van der Waals surface area contributed by atoms with Gasteiger partial charge in [-0.15, -0.1) is 0 Å². The van der Waals surface area contributed by atoms with Crippen molar-refractivity contribution in [2.75, 3.05) is 6.61 Å². The monoisotopic (exact) mass is 173 g/mol. The van der Waals surface area contributed by atoms with E-state index in [9.17, 15) is 4.79 Å². The zero-order chi connectivity index (χ0) is 9.61. The number of rotatable bonds is 1. The van der Waals surface area contributed by atoms with Gasteiger partial charge in [-0.05, 0) is 26.2 Å². The lowest BCUT2D eigenvalue weighted by molar-refractivity contribution is -0.146. The van der Waals surface area contributed by atoms with Gasteiger partial charge in [-0.1, -0.05) is 13.8 Å². The lowest BCUT2D eigenvalue weighted by Crippen LogP contribution is -2.45. The number of hydrogen-bond donors (Lipinski definition) is 1. The van der Waals surface area contributed by atoms with Gasteiger partial charge in [0.1, 0.15) is 5.60 Å². The van der Waals surface area contributed by atoms with E-state index in [0.717, 1.165) is 19.3 Å². The smallest absolute Gasteiger partial charge is 0.249 e. The molecule has 0 aromatic heterocycles. The third-order valence-electron chi connectivity index (χ3n) is 1.99. The van der Waals surface area contributed by atoms with Crippen molar-refractivity contribution in [3.8, 4) is 0 Å². The van der Waals surface area contributed by atoms with Crippen LogP contribution in [0.1, 0.15) is 40.0 Å². The van der Waals surface area contributed by atoms with Crippen LogP contribution in [0.4, 0.5) is 0 Å². The quantitative estimate of drug-likeness (QED) is 0.652. The summed E-state index contributed by atoms with van der Waals surface area (Å²) in [6.45, 7) is 6.42. The highest BCUT2D eigenvalue weighted by atomic mass is 16.5. The summed E-state index contributed by atoms with van der Waals surface area (Å²) in [4.78, 5) is 10.8. The molecule has 0 bridgehead atoms. The van der Waals surface area contributed by atoms with E-state index in [1.54, 1.807) is 6.92 Å². The standard InChI is InChI=1S/C7H13NO2.C2H6/c1-7(6(8)9)4-2-3-5-10-7;1-2/h2-5H2,1H3,(H2,8,9);1-2H3. The molecule has 12 heavy (non-hydrogen) atoms. The predicted molar refractivity (Wildman–Crippen MR) is 48.8 cm³/mol. The first-order valence-electron chi connectivity index (χ1n) is 4.59. The molecule has 1 rings (SSSR count). The van der Waals surface area contributed by atoms with Crippen molar-refractivity contribution >= 4 is 5.91 Å². The molecule has 2 N–H and O–H groups in total. The normalized spacial score (nSPS) is 28.6. The van der Waals surface area contributed by atoms with Gasteiger partial charge in [-0.2, -0.15) is 0 Å². The Bertz CT molecular complexity index is 139. The van der Waals surface area contributed by atoms with Gasteiger partial charge in [0, 0.05) is 6.61 Å². The second kappa shape index (κ2) is 5.14. The molecule has 0 aliphatic carbocycles. The summed E-state index contributed by atoms with van der Waals surface area (Å²) in [5, 5.41) is 0. The molecule has 0 aromatic rings. The minimum atomic E-state index is -0.682. The van der Waals surface area contributed by atoms with Crippen molar-refractivity contribution in [1.82, 2.24) is 0 Å². The summed E-state index contributed by atoms with van der Waals surface area (Å²) in [5.41, 5.74) is 4.46. The minimum Gasteiger partial charge on any atom is -0.367 e. The molecule has 1 fully saturated rings. The number of amides is 1. The molecule has 1 aliphatic heterocycles. The van der Waals surface area contributed by atoms with E-state index in [1.807, 2.05) is 13.8 Å². The van der Waals surface area contributed by atoms with Crippen molar-refractivity contribution < 1.29 is 9.53 Å². The van der Waals surface area contributed by atoms with Gasteiger partial charge >= 0.3 is 0 Å². The van der Waals surface area contributed by atoms with Crippen LogP contribution in [0.5, 0.6) is 0 Å². The van der Waals surface area contributed by atoms with Crippen LogP contribution in [0.2, 0.25) is 0 Å². The van der Waals surface area contributed by atoms with Crippen molar-refractivity contribution in [1.29, 1.82) is 0 Å². The predicted octanol–water partition coefficient (Wildman–Crippen LogP) is 1.46. The van der Waals surface area contributed by atoms with E-state index in [2.05, 4.69) is 0 Å². The van der Waals surface area contributed by atoms with Gasteiger partial charge < -0.3 is 10.5 Å². The second-order valence-electron chi connectivity index (χ2n) is 2.90. The van der Waals surface area contributed by atoms with E-state index >= 15 is 0 Å². The van der Waals surface area contributed by atoms with Crippen LogP contribution < -0.4 is 5.73 Å². The van der Waals surface area contributed by atoms with E-state index < -0.39 is 5.60 Å². The Morgan fingerprint density at radius 3 is 2.25 bits per heavy atom. The topological polar surface area (TPSA) is 52.3 Å². The fraction of sp³-hybridized carbons (Fsp3) is 0.889. The summed E-state index contributed by atoms with van der Waals surface area (Å²) < 4.78 is 5.25. The maximum absolute atomic E-state index is 10.8. The highest BCUT2D eigenvalue weighted by Gasteiger charge is 2.33. The van der Waals surface area contributed by atoms with Crippen LogP contribution in [0.3, 0.4) is 0 Å². The van der Waals surface area contributed by atoms with E-state index in [-0.39, 0.29) is 5.91 Å². The molecule has 72 valence electrons. The molecule has 1 saturated heterocycles. The van der Waals surface area contributed by atoms with Gasteiger partial charge in [0.25, 0.3) is 0 Å². The highest BCUT2D eigenvalue weighted by Crippen LogP contribution is 2.23. The summed E-state index contributed by atoms with van der Waals surface area (Å²) >= 11 is 0. The molecule has 0 saturated carbocycles. The maximum Gasteiger partial charge on any atom is 0.249 e. The molecule has 1 atom stereocenters. The zero-order valence-corrected chi connectivity index (χ0v) is 8.22. The molecule has 0 radical (unpaired) electrons. The SMILES string of the molecule is CC.CC1(C(N)=O)CCCCO1. The number of nitrogens with two attached hydrogens (primary N) is 1. The average molecular weight is 173 g/mol. The van der Waals surface area contributed by atoms with Gasteiger partial charge in [0.2, 0.25) is 5.91 Å². The summed E-state index contributed by atoms with van der Waals surface area (Å²) in [5.74, 6) is -0.341. The molecule has 0 aromatic carbocycles. The highest BCUT2D eigenvalue weighted by molar-refractivity contribution is 5.83. The van der Waals surface area contributed by atoms with Crippen LogP contribution in [0.25, 0.3) is 0 Å². The average Bonchev–Trinajstić information content (AvgIpc) is 2.09. The first-order valence-corrected chi connectivity index (χ1v) is 4.59. The molecule has 1 amide bonds. The number of hydrogen-bond acceptors (Lipinski definition) is 2. The van der Waals surface area contributed by atoms with Gasteiger partial charge in [-0.25, -0.2) is 0 Å². The van der Waals surface area contributed by atoms with E-state index in [1.165, 1.54) is 0 Å². The summed E-state index contributed by atoms with van der Waals surface area (Å²) in [6.07, 6.45) is 2.85. The molecule has 1 aliphatic rings. The molecular weight excluding hydrogens is 154 g/mol. The fourth-order valence-corrected chi connectivity index (χ4v) is 1.13. The first-order chi connectivity index (χ1) is 5.65. The Morgan fingerprint density at radius 1 is 1.42 bits per heavy atom. The van der Waals surface area contributed by atoms with Crippen LogP contribution in [-0.4, -0.2) is 18.1 Å². The van der Waals surface area contributed by atoms with Gasteiger partial charge in [0.15, 0.2) is 0 Å². The third kappa shape index (κ3) is 2.81. The van der Waals surface area contributed by atoms with E-state index in [0.29, 0.717) is 6.61 Å². The zero-order valence-electron chi connectivity index (χ0n) is 8.22. The molecule has 0 spiro atoms. The first kappa shape index (κ1) is 11.4. The summed E-state index contributed by atoms with van der Waals surface area (Å²) in [6, 6.07) is 0. The van der Waals surface area contributed by atoms with Crippen LogP contribution in [0, 0.1) is 0 Å². The van der Waals surface area contributed by atoms with Crippen LogP contribution in [-0.2, 0) is 9.53 Å². The van der Waals surface area contributed by atoms with Gasteiger partial charge in [0.05, 0.1) is 0 Å². The Balaban J connectivity index is 0.000000561. The van der Waals surface area contributed by atoms with E-state index in [4.69, 9.17) is 10.5 Å². The van der Waals surface area contributed by atoms with Crippen LogP contribution >= 0.6 is 0 Å². The number of primary amides is 1. The van der Waals surface area contributed by atoms with Crippen molar-refractivity contribution in [3.63, 3.8) is 0 Å². The summed E-state index contributed by atoms with van der Waals surface area (Å²) in [7, 11) is 0.